The molecule has 2 heterocycles. The molecular formula is C28H43N5O. The third kappa shape index (κ3) is 7.14. The molecule has 1 aliphatic carbocycles. The number of aromatic nitrogens is 2. The lowest BCUT2D eigenvalue weighted by Crippen LogP contribution is -2.36. The highest BCUT2D eigenvalue weighted by Gasteiger charge is 2.22. The number of para-hydroxylation sites is 1. The van der Waals surface area contributed by atoms with Crippen LogP contribution < -0.4 is 10.2 Å². The fourth-order valence-corrected chi connectivity index (χ4v) is 5.62. The maximum absolute atomic E-state index is 12.3. The summed E-state index contributed by atoms with van der Waals surface area (Å²) in [6.07, 6.45) is 13.0. The quantitative estimate of drug-likeness (QED) is 0.545. The van der Waals surface area contributed by atoms with Crippen molar-refractivity contribution in [2.45, 2.75) is 70.6 Å². The largest absolute Gasteiger partial charge is 0.362 e. The zero-order valence-electron chi connectivity index (χ0n) is 21.3. The van der Waals surface area contributed by atoms with Crippen molar-refractivity contribution in [2.24, 2.45) is 11.8 Å². The van der Waals surface area contributed by atoms with Crippen LogP contribution in [0, 0.1) is 11.8 Å². The zero-order valence-corrected chi connectivity index (χ0v) is 21.3. The van der Waals surface area contributed by atoms with Crippen molar-refractivity contribution in [3.8, 4) is 0 Å². The van der Waals surface area contributed by atoms with Gasteiger partial charge in [0.1, 0.15) is 11.6 Å². The van der Waals surface area contributed by atoms with Gasteiger partial charge in [0.05, 0.1) is 5.52 Å². The molecule has 34 heavy (non-hydrogen) atoms. The Hall–Kier alpha value is -2.21. The first-order valence-electron chi connectivity index (χ1n) is 13.5. The van der Waals surface area contributed by atoms with Gasteiger partial charge < -0.3 is 15.1 Å². The van der Waals surface area contributed by atoms with Crippen molar-refractivity contribution in [3.05, 3.63) is 30.1 Å². The number of fused-ring (bicyclic) bond motifs is 1. The van der Waals surface area contributed by atoms with Crippen LogP contribution in [0.25, 0.3) is 10.9 Å². The monoisotopic (exact) mass is 465 g/mol. The average Bonchev–Trinajstić information content (AvgIpc) is 2.87. The van der Waals surface area contributed by atoms with Gasteiger partial charge in [-0.05, 0) is 69.2 Å². The van der Waals surface area contributed by atoms with Gasteiger partial charge in [-0.25, -0.2) is 9.97 Å². The highest BCUT2D eigenvalue weighted by molar-refractivity contribution is 5.89. The van der Waals surface area contributed by atoms with Gasteiger partial charge in [-0.15, -0.1) is 0 Å². The van der Waals surface area contributed by atoms with Crippen LogP contribution in [-0.4, -0.2) is 61.0 Å². The van der Waals surface area contributed by atoms with Gasteiger partial charge >= 0.3 is 0 Å². The molecule has 0 radical (unpaired) electrons. The van der Waals surface area contributed by atoms with Crippen molar-refractivity contribution in [3.63, 3.8) is 0 Å². The van der Waals surface area contributed by atoms with Gasteiger partial charge in [0.25, 0.3) is 0 Å². The summed E-state index contributed by atoms with van der Waals surface area (Å²) < 4.78 is 0. The number of anilines is 1. The molecular weight excluding hydrogens is 422 g/mol. The van der Waals surface area contributed by atoms with E-state index in [1.165, 1.54) is 64.5 Å². The number of carbonyl (C=O) groups excluding carboxylic acids is 1. The molecule has 186 valence electrons. The Bertz CT molecular complexity index is 916. The van der Waals surface area contributed by atoms with Crippen LogP contribution >= 0.6 is 0 Å². The summed E-state index contributed by atoms with van der Waals surface area (Å²) in [6.45, 7) is 4.13. The number of piperidine rings is 1. The minimum atomic E-state index is 0.236. The molecule has 1 aliphatic heterocycles. The van der Waals surface area contributed by atoms with Crippen LogP contribution in [0.2, 0.25) is 0 Å². The number of nitrogens with one attached hydrogen (secondary N) is 1. The van der Waals surface area contributed by atoms with Crippen molar-refractivity contribution >= 4 is 22.6 Å². The van der Waals surface area contributed by atoms with Gasteiger partial charge in [-0.2, -0.15) is 0 Å². The molecule has 1 aromatic carbocycles. The topological polar surface area (TPSA) is 61.4 Å². The third-order valence-corrected chi connectivity index (χ3v) is 7.72. The second-order valence-electron chi connectivity index (χ2n) is 10.6. The van der Waals surface area contributed by atoms with Crippen molar-refractivity contribution in [1.82, 2.24) is 20.2 Å². The van der Waals surface area contributed by atoms with Crippen molar-refractivity contribution in [2.75, 3.05) is 45.2 Å². The summed E-state index contributed by atoms with van der Waals surface area (Å²) in [5.41, 5.74) is 1.04. The lowest BCUT2D eigenvalue weighted by Gasteiger charge is -2.29. The highest BCUT2D eigenvalue weighted by atomic mass is 16.1. The molecule has 2 fully saturated rings. The predicted octanol–water partition coefficient (Wildman–Crippen LogP) is 4.82. The van der Waals surface area contributed by atoms with E-state index in [4.69, 9.17) is 9.97 Å². The molecule has 0 unspecified atom stereocenters. The van der Waals surface area contributed by atoms with Gasteiger partial charge in [0.2, 0.25) is 5.91 Å². The van der Waals surface area contributed by atoms with Gasteiger partial charge in [0, 0.05) is 45.4 Å². The Morgan fingerprint density at radius 2 is 1.76 bits per heavy atom. The second-order valence-corrected chi connectivity index (χ2v) is 10.6. The molecule has 1 amide bonds. The molecule has 6 nitrogen and oxygen atoms in total. The number of likely N-dealkylation sites (tertiary alicyclic amines) is 1. The Morgan fingerprint density at radius 3 is 2.53 bits per heavy atom. The molecule has 2 aliphatic rings. The smallest absolute Gasteiger partial charge is 0.221 e. The fraction of sp³-hybridized carbons (Fsp3) is 0.679. The van der Waals surface area contributed by atoms with Crippen LogP contribution in [0.5, 0.6) is 0 Å². The van der Waals surface area contributed by atoms with E-state index in [0.717, 1.165) is 54.4 Å². The van der Waals surface area contributed by atoms with E-state index in [-0.39, 0.29) is 5.91 Å². The molecule has 6 heteroatoms. The van der Waals surface area contributed by atoms with Crippen LogP contribution in [0.4, 0.5) is 5.82 Å². The molecule has 0 atom stereocenters. The molecule has 1 saturated heterocycles. The lowest BCUT2D eigenvalue weighted by molar-refractivity contribution is -0.121. The second kappa shape index (κ2) is 12.5. The summed E-state index contributed by atoms with van der Waals surface area (Å²) in [7, 11) is 4.10. The van der Waals surface area contributed by atoms with Gasteiger partial charge in [-0.1, -0.05) is 37.8 Å². The molecule has 1 aromatic heterocycles. The number of carbonyl (C=O) groups is 1. The number of nitrogens with zero attached hydrogens (tertiary/aromatic N) is 4. The van der Waals surface area contributed by atoms with Gasteiger partial charge in [-0.3, -0.25) is 4.79 Å². The summed E-state index contributed by atoms with van der Waals surface area (Å²) >= 11 is 0. The van der Waals surface area contributed by atoms with E-state index in [9.17, 15) is 4.79 Å². The average molecular weight is 466 g/mol. The summed E-state index contributed by atoms with van der Waals surface area (Å²) in [5.74, 6) is 3.67. The van der Waals surface area contributed by atoms with Crippen LogP contribution in [0.15, 0.2) is 24.3 Å². The Labute approximate surface area is 205 Å². The predicted molar refractivity (Wildman–Crippen MR) is 140 cm³/mol. The maximum atomic E-state index is 12.3. The summed E-state index contributed by atoms with van der Waals surface area (Å²) in [4.78, 5) is 26.5. The third-order valence-electron chi connectivity index (χ3n) is 7.72. The highest BCUT2D eigenvalue weighted by Crippen LogP contribution is 2.32. The SMILES string of the molecule is CN(C)c1nc(CCCC2CCC(CNC(=O)CCN3CCCCC3)CC2)nc2ccccc12. The van der Waals surface area contributed by atoms with Crippen molar-refractivity contribution in [1.29, 1.82) is 0 Å². The Balaban J connectivity index is 1.13. The van der Waals surface area contributed by atoms with E-state index < -0.39 is 0 Å². The van der Waals surface area contributed by atoms with E-state index in [2.05, 4.69) is 33.3 Å². The number of hydrogen-bond donors (Lipinski definition) is 1. The lowest BCUT2D eigenvalue weighted by atomic mass is 9.80. The molecule has 0 bridgehead atoms. The number of amides is 1. The van der Waals surface area contributed by atoms with Gasteiger partial charge in [0.15, 0.2) is 0 Å². The number of benzene rings is 1. The first kappa shape index (κ1) is 24.9. The van der Waals surface area contributed by atoms with E-state index in [1.807, 2.05) is 20.2 Å². The minimum absolute atomic E-state index is 0.236. The van der Waals surface area contributed by atoms with Crippen LogP contribution in [0.3, 0.4) is 0 Å². The normalized spacial score (nSPS) is 21.5. The molecule has 1 N–H and O–H groups in total. The first-order valence-corrected chi connectivity index (χ1v) is 13.5. The first-order chi connectivity index (χ1) is 16.6. The zero-order chi connectivity index (χ0) is 23.8. The fourth-order valence-electron chi connectivity index (χ4n) is 5.62. The van der Waals surface area contributed by atoms with Crippen LogP contribution in [0.1, 0.15) is 70.0 Å². The Morgan fingerprint density at radius 1 is 1.03 bits per heavy atom. The Kier molecular flexibility index (Phi) is 9.14. The molecule has 0 spiro atoms. The number of hydrogen-bond acceptors (Lipinski definition) is 5. The van der Waals surface area contributed by atoms with E-state index >= 15 is 0 Å². The minimum Gasteiger partial charge on any atom is -0.362 e. The standard InChI is InChI=1S/C28H43N5O/c1-32(2)28-24-10-4-5-11-25(24)30-26(31-28)12-8-9-22-13-15-23(16-14-22)21-29-27(34)17-20-33-18-6-3-7-19-33/h4-5,10-11,22-23H,3,6-9,12-21H2,1-2H3,(H,29,34). The van der Waals surface area contributed by atoms with E-state index in [0.29, 0.717) is 12.3 Å². The molecule has 2 aromatic rings. The molecule has 4 rings (SSSR count). The summed E-state index contributed by atoms with van der Waals surface area (Å²) in [5, 5.41) is 4.33. The maximum Gasteiger partial charge on any atom is 0.221 e. The number of rotatable bonds is 10. The summed E-state index contributed by atoms with van der Waals surface area (Å²) in [6, 6.07) is 8.29. The van der Waals surface area contributed by atoms with E-state index in [1.54, 1.807) is 0 Å². The van der Waals surface area contributed by atoms with Crippen LogP contribution in [-0.2, 0) is 11.2 Å². The van der Waals surface area contributed by atoms with Crippen molar-refractivity contribution < 1.29 is 4.79 Å². The molecule has 1 saturated carbocycles. The number of aryl methyl sites for hydroxylation is 1.